The molecule has 0 bridgehead atoms. The van der Waals surface area contributed by atoms with E-state index in [1.165, 1.54) is 0 Å². The number of hydrogen-bond acceptors (Lipinski definition) is 4. The molecular weight excluding hydrogens is 274 g/mol. The van der Waals surface area contributed by atoms with Gasteiger partial charge in [-0.05, 0) is 36.2 Å². The van der Waals surface area contributed by atoms with Crippen LogP contribution < -0.4 is 5.73 Å². The molecule has 3 aromatic rings. The lowest BCUT2D eigenvalue weighted by Gasteiger charge is -2.05. The van der Waals surface area contributed by atoms with Gasteiger partial charge >= 0.3 is 0 Å². The molecule has 2 aromatic heterocycles. The van der Waals surface area contributed by atoms with E-state index in [2.05, 4.69) is 10.1 Å². The molecule has 2 heterocycles. The second kappa shape index (κ2) is 4.98. The first kappa shape index (κ1) is 12.7. The number of nitrogens with zero attached hydrogens (tertiary/aromatic N) is 2. The molecule has 2 N–H and O–H groups in total. The smallest absolute Gasteiger partial charge is 0.230 e. The van der Waals surface area contributed by atoms with E-state index in [9.17, 15) is 0 Å². The second-order valence-corrected chi connectivity index (χ2v) is 4.90. The second-order valence-electron chi connectivity index (χ2n) is 4.49. The van der Waals surface area contributed by atoms with Gasteiger partial charge in [0.2, 0.25) is 5.88 Å². The predicted molar refractivity (Wildman–Crippen MR) is 79.3 cm³/mol. The van der Waals surface area contributed by atoms with Gasteiger partial charge < -0.3 is 10.3 Å². The number of anilines is 1. The Kier molecular flexibility index (Phi) is 3.16. The zero-order valence-corrected chi connectivity index (χ0v) is 11.6. The van der Waals surface area contributed by atoms with Crippen molar-refractivity contribution in [1.82, 2.24) is 10.1 Å². The molecule has 0 unspecified atom stereocenters. The Bertz CT molecular complexity index is 753. The fraction of sp³-hybridized carbons (Fsp3) is 0.0667. The van der Waals surface area contributed by atoms with Crippen molar-refractivity contribution in [1.29, 1.82) is 0 Å². The Morgan fingerprint density at radius 3 is 2.60 bits per heavy atom. The Morgan fingerprint density at radius 1 is 1.15 bits per heavy atom. The minimum atomic E-state index is 0.267. The number of nitrogen functional groups attached to an aromatic ring is 1. The highest BCUT2D eigenvalue weighted by Gasteiger charge is 2.19. The number of aryl methyl sites for hydroxylation is 1. The van der Waals surface area contributed by atoms with Crippen molar-refractivity contribution in [2.24, 2.45) is 0 Å². The molecule has 0 atom stereocenters. The summed E-state index contributed by atoms with van der Waals surface area (Å²) in [5.74, 6) is 0.267. The fourth-order valence-corrected chi connectivity index (χ4v) is 2.42. The van der Waals surface area contributed by atoms with Crippen LogP contribution >= 0.6 is 11.6 Å². The Hall–Kier alpha value is -2.33. The van der Waals surface area contributed by atoms with Gasteiger partial charge in [-0.25, -0.2) is 0 Å². The van der Waals surface area contributed by atoms with E-state index in [0.29, 0.717) is 10.7 Å². The number of aromatic nitrogens is 2. The van der Waals surface area contributed by atoms with Gasteiger partial charge in [-0.2, -0.15) is 0 Å². The van der Waals surface area contributed by atoms with Gasteiger partial charge in [-0.3, -0.25) is 4.98 Å². The maximum absolute atomic E-state index is 6.30. The standard InChI is InChI=1S/C15H12ClN3O/c1-9-2-3-11(12(16)8-9)14-13(15(17)20-19-14)10-4-6-18-7-5-10/h2-8H,17H2,1H3. The summed E-state index contributed by atoms with van der Waals surface area (Å²) in [6.07, 6.45) is 3.39. The summed E-state index contributed by atoms with van der Waals surface area (Å²) in [7, 11) is 0. The van der Waals surface area contributed by atoms with Crippen LogP contribution in [0.15, 0.2) is 47.2 Å². The minimum absolute atomic E-state index is 0.267. The Morgan fingerprint density at radius 2 is 1.90 bits per heavy atom. The highest BCUT2D eigenvalue weighted by atomic mass is 35.5. The van der Waals surface area contributed by atoms with Gasteiger partial charge in [0.05, 0.1) is 10.6 Å². The van der Waals surface area contributed by atoms with Gasteiger partial charge in [0.15, 0.2) is 0 Å². The normalized spacial score (nSPS) is 10.7. The molecule has 1 aromatic carbocycles. The lowest BCUT2D eigenvalue weighted by molar-refractivity contribution is 0.439. The van der Waals surface area contributed by atoms with Gasteiger partial charge in [-0.15, -0.1) is 0 Å². The quantitative estimate of drug-likeness (QED) is 0.774. The molecule has 0 aliphatic rings. The number of pyridine rings is 1. The van der Waals surface area contributed by atoms with Crippen molar-refractivity contribution in [3.63, 3.8) is 0 Å². The average Bonchev–Trinajstić information content (AvgIpc) is 2.81. The first-order valence-corrected chi connectivity index (χ1v) is 6.46. The largest absolute Gasteiger partial charge is 0.367 e. The third-order valence-corrected chi connectivity index (χ3v) is 3.38. The fourth-order valence-electron chi connectivity index (χ4n) is 2.10. The Labute approximate surface area is 121 Å². The summed E-state index contributed by atoms with van der Waals surface area (Å²) in [6.45, 7) is 1.98. The molecule has 0 spiro atoms. The highest BCUT2D eigenvalue weighted by Crippen LogP contribution is 2.38. The van der Waals surface area contributed by atoms with E-state index in [4.69, 9.17) is 21.9 Å². The topological polar surface area (TPSA) is 64.9 Å². The summed E-state index contributed by atoms with van der Waals surface area (Å²) in [6, 6.07) is 9.49. The van der Waals surface area contributed by atoms with Crippen LogP contribution in [0.5, 0.6) is 0 Å². The van der Waals surface area contributed by atoms with E-state index in [1.54, 1.807) is 12.4 Å². The van der Waals surface area contributed by atoms with Crippen molar-refractivity contribution >= 4 is 17.5 Å². The van der Waals surface area contributed by atoms with Crippen LogP contribution in [0.4, 0.5) is 5.88 Å². The zero-order chi connectivity index (χ0) is 14.1. The van der Waals surface area contributed by atoms with E-state index in [-0.39, 0.29) is 5.88 Å². The molecule has 0 amide bonds. The molecule has 0 saturated heterocycles. The average molecular weight is 286 g/mol. The lowest BCUT2D eigenvalue weighted by atomic mass is 10.0. The number of hydrogen-bond donors (Lipinski definition) is 1. The SMILES string of the molecule is Cc1ccc(-c2noc(N)c2-c2ccncc2)c(Cl)c1. The van der Waals surface area contributed by atoms with Crippen LogP contribution in [0.3, 0.4) is 0 Å². The Balaban J connectivity index is 2.21. The van der Waals surface area contributed by atoms with E-state index >= 15 is 0 Å². The van der Waals surface area contributed by atoms with Crippen LogP contribution in [-0.2, 0) is 0 Å². The summed E-state index contributed by atoms with van der Waals surface area (Å²) >= 11 is 6.30. The minimum Gasteiger partial charge on any atom is -0.367 e. The molecule has 5 heteroatoms. The molecule has 100 valence electrons. The van der Waals surface area contributed by atoms with E-state index in [1.807, 2.05) is 37.3 Å². The molecule has 0 aliphatic heterocycles. The number of halogens is 1. The summed E-state index contributed by atoms with van der Waals surface area (Å²) in [4.78, 5) is 4.00. The molecule has 20 heavy (non-hydrogen) atoms. The summed E-state index contributed by atoms with van der Waals surface area (Å²) in [5, 5.41) is 4.67. The van der Waals surface area contributed by atoms with Crippen LogP contribution in [0.2, 0.25) is 5.02 Å². The van der Waals surface area contributed by atoms with Crippen molar-refractivity contribution in [3.05, 3.63) is 53.3 Å². The van der Waals surface area contributed by atoms with Gasteiger partial charge in [0.1, 0.15) is 5.69 Å². The third-order valence-electron chi connectivity index (χ3n) is 3.07. The lowest BCUT2D eigenvalue weighted by Crippen LogP contribution is -1.89. The molecule has 0 radical (unpaired) electrons. The first-order chi connectivity index (χ1) is 9.66. The molecular formula is C15H12ClN3O. The van der Waals surface area contributed by atoms with Gasteiger partial charge in [-0.1, -0.05) is 28.9 Å². The van der Waals surface area contributed by atoms with E-state index in [0.717, 1.165) is 22.3 Å². The third kappa shape index (κ3) is 2.14. The number of rotatable bonds is 2. The zero-order valence-electron chi connectivity index (χ0n) is 10.8. The molecule has 4 nitrogen and oxygen atoms in total. The van der Waals surface area contributed by atoms with Gasteiger partial charge in [0, 0.05) is 18.0 Å². The van der Waals surface area contributed by atoms with Gasteiger partial charge in [0.25, 0.3) is 0 Å². The molecule has 3 rings (SSSR count). The maximum Gasteiger partial charge on any atom is 0.230 e. The molecule has 0 aliphatic carbocycles. The number of benzene rings is 1. The predicted octanol–water partition coefficient (Wildman–Crippen LogP) is 3.95. The molecule has 0 saturated carbocycles. The number of nitrogens with two attached hydrogens (primary N) is 1. The van der Waals surface area contributed by atoms with Crippen molar-refractivity contribution in [2.75, 3.05) is 5.73 Å². The van der Waals surface area contributed by atoms with Crippen molar-refractivity contribution in [3.8, 4) is 22.4 Å². The summed E-state index contributed by atoms with van der Waals surface area (Å²) in [5.41, 5.74) is 10.0. The van der Waals surface area contributed by atoms with Crippen LogP contribution in [0, 0.1) is 6.92 Å². The molecule has 0 fully saturated rings. The maximum atomic E-state index is 6.30. The van der Waals surface area contributed by atoms with Crippen molar-refractivity contribution < 1.29 is 4.52 Å². The van der Waals surface area contributed by atoms with Crippen LogP contribution in [0.1, 0.15) is 5.56 Å². The monoisotopic (exact) mass is 285 g/mol. The highest BCUT2D eigenvalue weighted by molar-refractivity contribution is 6.33. The van der Waals surface area contributed by atoms with Crippen molar-refractivity contribution in [2.45, 2.75) is 6.92 Å². The first-order valence-electron chi connectivity index (χ1n) is 6.09. The summed E-state index contributed by atoms with van der Waals surface area (Å²) < 4.78 is 5.14. The van der Waals surface area contributed by atoms with Crippen LogP contribution in [-0.4, -0.2) is 10.1 Å². The van der Waals surface area contributed by atoms with E-state index < -0.39 is 0 Å². The van der Waals surface area contributed by atoms with Crippen LogP contribution in [0.25, 0.3) is 22.4 Å².